The zero-order valence-electron chi connectivity index (χ0n) is 8.23. The topological polar surface area (TPSA) is 35.0 Å². The van der Waals surface area contributed by atoms with E-state index < -0.39 is 0 Å². The van der Waals surface area contributed by atoms with Gasteiger partial charge in [-0.2, -0.15) is 0 Å². The van der Waals surface area contributed by atoms with Gasteiger partial charge in [-0.05, 0) is 27.6 Å². The molecule has 0 fully saturated rings. The van der Waals surface area contributed by atoms with Crippen molar-refractivity contribution in [3.8, 4) is 11.6 Å². The molecular formula is C11H8BrClN2O. The van der Waals surface area contributed by atoms with Crippen molar-refractivity contribution in [3.63, 3.8) is 0 Å². The van der Waals surface area contributed by atoms with E-state index in [1.165, 1.54) is 0 Å². The Kier molecular flexibility index (Phi) is 3.74. The summed E-state index contributed by atoms with van der Waals surface area (Å²) >= 11 is 8.98. The Morgan fingerprint density at radius 3 is 2.75 bits per heavy atom. The van der Waals surface area contributed by atoms with Crippen LogP contribution in [0.3, 0.4) is 0 Å². The summed E-state index contributed by atoms with van der Waals surface area (Å²) in [7, 11) is 0. The van der Waals surface area contributed by atoms with Gasteiger partial charge in [0, 0.05) is 28.8 Å². The number of ether oxygens (including phenoxy) is 1. The van der Waals surface area contributed by atoms with Gasteiger partial charge >= 0.3 is 0 Å². The molecule has 0 aliphatic heterocycles. The smallest absolute Gasteiger partial charge is 0.219 e. The Labute approximate surface area is 107 Å². The Hall–Kier alpha value is -1.13. The molecule has 0 saturated heterocycles. The van der Waals surface area contributed by atoms with E-state index in [0.717, 1.165) is 10.0 Å². The molecule has 0 saturated carbocycles. The Morgan fingerprint density at radius 2 is 2.12 bits per heavy atom. The van der Waals surface area contributed by atoms with Gasteiger partial charge in [0.2, 0.25) is 5.88 Å². The van der Waals surface area contributed by atoms with Gasteiger partial charge in [0.05, 0.1) is 6.20 Å². The van der Waals surface area contributed by atoms with Gasteiger partial charge in [0.1, 0.15) is 5.75 Å². The largest absolute Gasteiger partial charge is 0.437 e. The van der Waals surface area contributed by atoms with Crippen LogP contribution in [0.2, 0.25) is 0 Å². The first-order valence-electron chi connectivity index (χ1n) is 4.57. The average molecular weight is 300 g/mol. The van der Waals surface area contributed by atoms with E-state index in [1.807, 2.05) is 12.1 Å². The summed E-state index contributed by atoms with van der Waals surface area (Å²) in [6.07, 6.45) is 5.01. The van der Waals surface area contributed by atoms with E-state index in [4.69, 9.17) is 16.3 Å². The van der Waals surface area contributed by atoms with Gasteiger partial charge in [-0.15, -0.1) is 11.6 Å². The van der Waals surface area contributed by atoms with Gasteiger partial charge in [0.15, 0.2) is 0 Å². The zero-order chi connectivity index (χ0) is 11.4. The average Bonchev–Trinajstić information content (AvgIpc) is 2.30. The van der Waals surface area contributed by atoms with Crippen molar-refractivity contribution in [2.24, 2.45) is 0 Å². The van der Waals surface area contributed by atoms with E-state index in [9.17, 15) is 0 Å². The zero-order valence-corrected chi connectivity index (χ0v) is 10.6. The molecule has 0 atom stereocenters. The van der Waals surface area contributed by atoms with Crippen molar-refractivity contribution in [3.05, 3.63) is 46.8 Å². The van der Waals surface area contributed by atoms with Crippen LogP contribution in [0, 0.1) is 0 Å². The fourth-order valence-electron chi connectivity index (χ4n) is 1.12. The molecular weight excluding hydrogens is 291 g/mol. The standard InChI is InChI=1S/C11H8BrClN2O/c12-9-3-10(7-14-6-9)16-11-2-1-8(4-13)5-15-11/h1-3,5-7H,4H2. The van der Waals surface area contributed by atoms with E-state index in [1.54, 1.807) is 24.7 Å². The summed E-state index contributed by atoms with van der Waals surface area (Å²) in [5.41, 5.74) is 0.960. The van der Waals surface area contributed by atoms with Crippen molar-refractivity contribution in [1.82, 2.24) is 9.97 Å². The molecule has 2 heterocycles. The number of alkyl halides is 1. The monoisotopic (exact) mass is 298 g/mol. The molecule has 0 aromatic carbocycles. The number of hydrogen-bond donors (Lipinski definition) is 0. The second-order valence-corrected chi connectivity index (χ2v) is 4.26. The predicted molar refractivity (Wildman–Crippen MR) is 65.8 cm³/mol. The lowest BCUT2D eigenvalue weighted by atomic mass is 10.3. The molecule has 0 amide bonds. The van der Waals surface area contributed by atoms with Gasteiger partial charge in [-0.25, -0.2) is 4.98 Å². The molecule has 2 rings (SSSR count). The lowest BCUT2D eigenvalue weighted by Gasteiger charge is -2.04. The van der Waals surface area contributed by atoms with Gasteiger partial charge in [-0.1, -0.05) is 6.07 Å². The number of nitrogens with zero attached hydrogens (tertiary/aromatic N) is 2. The normalized spacial score (nSPS) is 10.1. The van der Waals surface area contributed by atoms with Crippen LogP contribution in [0.1, 0.15) is 5.56 Å². The number of halogens is 2. The van der Waals surface area contributed by atoms with E-state index in [0.29, 0.717) is 17.5 Å². The molecule has 0 unspecified atom stereocenters. The van der Waals surface area contributed by atoms with Crippen LogP contribution in [-0.2, 0) is 5.88 Å². The maximum Gasteiger partial charge on any atom is 0.219 e. The molecule has 5 heteroatoms. The van der Waals surface area contributed by atoms with Crippen LogP contribution < -0.4 is 4.74 Å². The van der Waals surface area contributed by atoms with Crippen molar-refractivity contribution >= 4 is 27.5 Å². The highest BCUT2D eigenvalue weighted by molar-refractivity contribution is 9.10. The van der Waals surface area contributed by atoms with E-state index >= 15 is 0 Å². The molecule has 2 aromatic heterocycles. The number of hydrogen-bond acceptors (Lipinski definition) is 3. The third-order valence-corrected chi connectivity index (χ3v) is 2.60. The van der Waals surface area contributed by atoms with Crippen molar-refractivity contribution in [2.75, 3.05) is 0 Å². The summed E-state index contributed by atoms with van der Waals surface area (Å²) in [6, 6.07) is 5.48. The molecule has 3 nitrogen and oxygen atoms in total. The Balaban J connectivity index is 2.14. The van der Waals surface area contributed by atoms with Crippen LogP contribution >= 0.6 is 27.5 Å². The van der Waals surface area contributed by atoms with E-state index in [-0.39, 0.29) is 0 Å². The number of rotatable bonds is 3. The molecule has 16 heavy (non-hydrogen) atoms. The third kappa shape index (κ3) is 2.93. The Morgan fingerprint density at radius 1 is 1.25 bits per heavy atom. The molecule has 0 N–H and O–H groups in total. The summed E-state index contributed by atoms with van der Waals surface area (Å²) in [5.74, 6) is 1.61. The Bertz CT molecular complexity index is 476. The fraction of sp³-hybridized carbons (Fsp3) is 0.0909. The molecule has 0 aliphatic rings. The third-order valence-electron chi connectivity index (χ3n) is 1.85. The minimum absolute atomic E-state index is 0.450. The van der Waals surface area contributed by atoms with Crippen molar-refractivity contribution in [2.45, 2.75) is 5.88 Å². The second kappa shape index (κ2) is 5.27. The maximum atomic E-state index is 5.66. The summed E-state index contributed by atoms with van der Waals surface area (Å²) in [4.78, 5) is 8.12. The van der Waals surface area contributed by atoms with Gasteiger partial charge < -0.3 is 4.74 Å². The van der Waals surface area contributed by atoms with Crippen LogP contribution in [0.15, 0.2) is 41.3 Å². The predicted octanol–water partition coefficient (Wildman–Crippen LogP) is 3.77. The minimum atomic E-state index is 0.450. The summed E-state index contributed by atoms with van der Waals surface area (Å²) in [6.45, 7) is 0. The maximum absolute atomic E-state index is 5.66. The highest BCUT2D eigenvalue weighted by atomic mass is 79.9. The van der Waals surface area contributed by atoms with E-state index in [2.05, 4.69) is 25.9 Å². The second-order valence-electron chi connectivity index (χ2n) is 3.08. The molecule has 82 valence electrons. The van der Waals surface area contributed by atoms with Gasteiger partial charge in [-0.3, -0.25) is 4.98 Å². The first-order chi connectivity index (χ1) is 7.78. The molecule has 2 aromatic rings. The molecule has 0 aliphatic carbocycles. The molecule has 0 spiro atoms. The highest BCUT2D eigenvalue weighted by Crippen LogP contribution is 2.21. The quantitative estimate of drug-likeness (QED) is 0.809. The molecule has 0 radical (unpaired) electrons. The number of aromatic nitrogens is 2. The summed E-state index contributed by atoms with van der Waals surface area (Å²) < 4.78 is 6.38. The first kappa shape index (κ1) is 11.4. The minimum Gasteiger partial charge on any atom is -0.437 e. The van der Waals surface area contributed by atoms with Crippen molar-refractivity contribution in [1.29, 1.82) is 0 Å². The fourth-order valence-corrected chi connectivity index (χ4v) is 1.62. The van der Waals surface area contributed by atoms with Crippen molar-refractivity contribution < 1.29 is 4.74 Å². The first-order valence-corrected chi connectivity index (χ1v) is 5.90. The van der Waals surface area contributed by atoms with Crippen LogP contribution in [-0.4, -0.2) is 9.97 Å². The summed E-state index contributed by atoms with van der Waals surface area (Å²) in [5, 5.41) is 0. The molecule has 0 bridgehead atoms. The van der Waals surface area contributed by atoms with Gasteiger partial charge in [0.25, 0.3) is 0 Å². The van der Waals surface area contributed by atoms with Crippen LogP contribution in [0.5, 0.6) is 11.6 Å². The highest BCUT2D eigenvalue weighted by Gasteiger charge is 2.00. The SMILES string of the molecule is ClCc1ccc(Oc2cncc(Br)c2)nc1. The van der Waals surface area contributed by atoms with Crippen LogP contribution in [0.4, 0.5) is 0 Å². The number of pyridine rings is 2. The lowest BCUT2D eigenvalue weighted by Crippen LogP contribution is -1.89. The van der Waals surface area contributed by atoms with Crippen LogP contribution in [0.25, 0.3) is 0 Å². The lowest BCUT2D eigenvalue weighted by molar-refractivity contribution is 0.460.